The monoisotopic (exact) mass is 315 g/mol. The molecule has 22 heavy (non-hydrogen) atoms. The lowest BCUT2D eigenvalue weighted by Crippen LogP contribution is -2.38. The second-order valence-electron chi connectivity index (χ2n) is 5.10. The minimum absolute atomic E-state index is 0.553. The smallest absolute Gasteiger partial charge is 0.185 e. The van der Waals surface area contributed by atoms with Crippen LogP contribution in [-0.4, -0.2) is 12.2 Å². The molecular weight excluding hydrogens is 294 g/mol. The van der Waals surface area contributed by atoms with Gasteiger partial charge in [-0.1, -0.05) is 24.3 Å². The van der Waals surface area contributed by atoms with Gasteiger partial charge in [-0.05, 0) is 61.0 Å². The maximum Gasteiger partial charge on any atom is 0.185 e. The van der Waals surface area contributed by atoms with E-state index in [1.54, 1.807) is 7.11 Å². The first-order valence-corrected chi connectivity index (χ1v) is 7.49. The van der Waals surface area contributed by atoms with Crippen LogP contribution in [0.4, 0.5) is 5.69 Å². The van der Waals surface area contributed by atoms with E-state index in [1.165, 1.54) is 5.56 Å². The first kappa shape index (κ1) is 16.1. The van der Waals surface area contributed by atoms with Gasteiger partial charge in [0, 0.05) is 6.54 Å². The summed E-state index contributed by atoms with van der Waals surface area (Å²) in [7, 11) is 1.66. The molecule has 0 fully saturated rings. The Balaban J connectivity index is 1.81. The van der Waals surface area contributed by atoms with Crippen LogP contribution in [-0.2, 0) is 6.54 Å². The molecule has 0 amide bonds. The SMILES string of the molecule is COc1ccc(CNC(=S)NNc2cc(C)ccc2C)cc1. The molecule has 0 bridgehead atoms. The third-order valence-corrected chi connectivity index (χ3v) is 3.56. The molecule has 0 saturated heterocycles. The summed E-state index contributed by atoms with van der Waals surface area (Å²) in [5.74, 6) is 0.848. The predicted molar refractivity (Wildman–Crippen MR) is 95.1 cm³/mol. The summed E-state index contributed by atoms with van der Waals surface area (Å²) in [6.45, 7) is 4.77. The Hall–Kier alpha value is -2.27. The second kappa shape index (κ2) is 7.66. The maximum atomic E-state index is 5.27. The summed E-state index contributed by atoms with van der Waals surface area (Å²) in [5.41, 5.74) is 10.7. The molecule has 3 N–H and O–H groups in total. The molecule has 0 spiro atoms. The van der Waals surface area contributed by atoms with Crippen LogP contribution >= 0.6 is 12.2 Å². The van der Waals surface area contributed by atoms with E-state index in [0.29, 0.717) is 11.7 Å². The second-order valence-corrected chi connectivity index (χ2v) is 5.51. The van der Waals surface area contributed by atoms with Crippen LogP contribution in [0.2, 0.25) is 0 Å². The van der Waals surface area contributed by atoms with Crippen molar-refractivity contribution in [2.75, 3.05) is 12.5 Å². The Bertz CT molecular complexity index is 641. The lowest BCUT2D eigenvalue weighted by atomic mass is 10.1. The van der Waals surface area contributed by atoms with Crippen LogP contribution in [0.25, 0.3) is 0 Å². The summed E-state index contributed by atoms with van der Waals surface area (Å²) in [4.78, 5) is 0. The molecule has 4 nitrogen and oxygen atoms in total. The van der Waals surface area contributed by atoms with Crippen molar-refractivity contribution in [1.29, 1.82) is 0 Å². The van der Waals surface area contributed by atoms with Crippen molar-refractivity contribution in [2.45, 2.75) is 20.4 Å². The van der Waals surface area contributed by atoms with Gasteiger partial charge in [0.05, 0.1) is 12.8 Å². The Morgan fingerprint density at radius 2 is 1.82 bits per heavy atom. The number of hydrogen-bond acceptors (Lipinski definition) is 3. The quantitative estimate of drug-likeness (QED) is 0.584. The van der Waals surface area contributed by atoms with Crippen molar-refractivity contribution < 1.29 is 4.74 Å². The number of rotatable bonds is 5. The molecule has 116 valence electrons. The molecule has 2 rings (SSSR count). The van der Waals surface area contributed by atoms with Crippen molar-refractivity contribution in [3.8, 4) is 5.75 Å². The molecule has 0 aliphatic heterocycles. The van der Waals surface area contributed by atoms with E-state index < -0.39 is 0 Å². The van der Waals surface area contributed by atoms with Crippen LogP contribution in [0.15, 0.2) is 42.5 Å². The van der Waals surface area contributed by atoms with E-state index in [4.69, 9.17) is 17.0 Å². The Kier molecular flexibility index (Phi) is 5.61. The van der Waals surface area contributed by atoms with E-state index in [0.717, 1.165) is 22.6 Å². The Morgan fingerprint density at radius 3 is 2.50 bits per heavy atom. The van der Waals surface area contributed by atoms with E-state index in [1.807, 2.05) is 24.3 Å². The van der Waals surface area contributed by atoms with E-state index in [2.05, 4.69) is 48.2 Å². The molecule has 0 radical (unpaired) electrons. The number of methoxy groups -OCH3 is 1. The highest BCUT2D eigenvalue weighted by Gasteiger charge is 2.00. The van der Waals surface area contributed by atoms with Gasteiger partial charge in [0.15, 0.2) is 5.11 Å². The molecule has 0 atom stereocenters. The van der Waals surface area contributed by atoms with E-state index >= 15 is 0 Å². The highest BCUT2D eigenvalue weighted by atomic mass is 32.1. The summed E-state index contributed by atoms with van der Waals surface area (Å²) in [5, 5.41) is 3.71. The Labute approximate surface area is 136 Å². The fourth-order valence-electron chi connectivity index (χ4n) is 1.96. The highest BCUT2D eigenvalue weighted by Crippen LogP contribution is 2.15. The molecule has 0 saturated carbocycles. The number of ether oxygens (including phenoxy) is 1. The standard InChI is InChI=1S/C17H21N3OS/c1-12-4-5-13(2)16(10-12)19-20-17(22)18-11-14-6-8-15(21-3)9-7-14/h4-10,19H,11H2,1-3H3,(H2,18,20,22). The molecule has 0 aliphatic rings. The largest absolute Gasteiger partial charge is 0.497 e. The normalized spacial score (nSPS) is 9.95. The Morgan fingerprint density at radius 1 is 1.09 bits per heavy atom. The number of thiocarbonyl (C=S) groups is 1. The molecule has 2 aromatic carbocycles. The van der Waals surface area contributed by atoms with Crippen LogP contribution < -0.4 is 20.9 Å². The molecular formula is C17H21N3OS. The summed E-state index contributed by atoms with van der Waals surface area (Å²) in [6.07, 6.45) is 0. The molecule has 5 heteroatoms. The highest BCUT2D eigenvalue weighted by molar-refractivity contribution is 7.80. The fourth-order valence-corrected chi connectivity index (χ4v) is 2.09. The van der Waals surface area contributed by atoms with Crippen LogP contribution in [0.1, 0.15) is 16.7 Å². The van der Waals surface area contributed by atoms with Crippen LogP contribution in [0, 0.1) is 13.8 Å². The minimum Gasteiger partial charge on any atom is -0.497 e. The van der Waals surface area contributed by atoms with Gasteiger partial charge in [-0.25, -0.2) is 0 Å². The lowest BCUT2D eigenvalue weighted by molar-refractivity contribution is 0.414. The lowest BCUT2D eigenvalue weighted by Gasteiger charge is -2.14. The van der Waals surface area contributed by atoms with Crippen molar-refractivity contribution in [3.05, 3.63) is 59.2 Å². The average Bonchev–Trinajstić information content (AvgIpc) is 2.54. The topological polar surface area (TPSA) is 45.3 Å². The first-order chi connectivity index (χ1) is 10.6. The van der Waals surface area contributed by atoms with Crippen molar-refractivity contribution in [1.82, 2.24) is 10.7 Å². The minimum atomic E-state index is 0.553. The van der Waals surface area contributed by atoms with E-state index in [-0.39, 0.29) is 0 Å². The van der Waals surface area contributed by atoms with Gasteiger partial charge in [-0.2, -0.15) is 0 Å². The van der Waals surface area contributed by atoms with Crippen LogP contribution in [0.3, 0.4) is 0 Å². The zero-order valence-electron chi connectivity index (χ0n) is 13.1. The number of nitrogens with one attached hydrogen (secondary N) is 3. The number of hydrogen-bond donors (Lipinski definition) is 3. The van der Waals surface area contributed by atoms with Gasteiger partial charge in [0.2, 0.25) is 0 Å². The third kappa shape index (κ3) is 4.63. The molecule has 2 aromatic rings. The van der Waals surface area contributed by atoms with Gasteiger partial charge in [-0.15, -0.1) is 0 Å². The predicted octanol–water partition coefficient (Wildman–Crippen LogP) is 3.30. The molecule has 0 aromatic heterocycles. The number of aryl methyl sites for hydroxylation is 2. The van der Waals surface area contributed by atoms with Gasteiger partial charge in [0.25, 0.3) is 0 Å². The number of benzene rings is 2. The molecule has 0 heterocycles. The fraction of sp³-hybridized carbons (Fsp3) is 0.235. The van der Waals surface area contributed by atoms with Gasteiger partial charge in [0.1, 0.15) is 5.75 Å². The number of hydrazine groups is 1. The number of anilines is 1. The summed E-state index contributed by atoms with van der Waals surface area (Å²) < 4.78 is 5.13. The van der Waals surface area contributed by atoms with Crippen molar-refractivity contribution in [3.63, 3.8) is 0 Å². The van der Waals surface area contributed by atoms with Gasteiger partial charge >= 0.3 is 0 Å². The molecule has 0 unspecified atom stereocenters. The zero-order valence-corrected chi connectivity index (χ0v) is 13.9. The van der Waals surface area contributed by atoms with Crippen molar-refractivity contribution in [2.24, 2.45) is 0 Å². The summed E-state index contributed by atoms with van der Waals surface area (Å²) >= 11 is 5.27. The average molecular weight is 315 g/mol. The van der Waals surface area contributed by atoms with Gasteiger partial charge < -0.3 is 10.1 Å². The zero-order chi connectivity index (χ0) is 15.9. The van der Waals surface area contributed by atoms with Gasteiger partial charge in [-0.3, -0.25) is 10.9 Å². The van der Waals surface area contributed by atoms with Crippen molar-refractivity contribution >= 4 is 23.0 Å². The molecule has 0 aliphatic carbocycles. The van der Waals surface area contributed by atoms with Crippen LogP contribution in [0.5, 0.6) is 5.75 Å². The van der Waals surface area contributed by atoms with E-state index in [9.17, 15) is 0 Å². The maximum absolute atomic E-state index is 5.27. The third-order valence-electron chi connectivity index (χ3n) is 3.32. The summed E-state index contributed by atoms with van der Waals surface area (Å²) in [6, 6.07) is 14.1. The first-order valence-electron chi connectivity index (χ1n) is 7.08.